The van der Waals surface area contributed by atoms with Crippen LogP contribution in [-0.2, 0) is 13.1 Å². The standard InChI is InChI=1S/C21H23N5O.ClH/c1-25(2)15-16-6-4-7-18(14-16)20-23-21(26(24-20)13-5-12-22)17-8-10-19(27-3)11-9-17;/h4,6-11,14H,5,13,15H2,1-3H3;1H. The summed E-state index contributed by atoms with van der Waals surface area (Å²) in [4.78, 5) is 6.89. The lowest BCUT2D eigenvalue weighted by Crippen LogP contribution is -2.10. The van der Waals surface area contributed by atoms with Gasteiger partial charge < -0.3 is 9.64 Å². The fraction of sp³-hybridized carbons (Fsp3) is 0.286. The summed E-state index contributed by atoms with van der Waals surface area (Å²) in [6.45, 7) is 1.36. The third-order valence-electron chi connectivity index (χ3n) is 4.14. The van der Waals surface area contributed by atoms with Crippen LogP contribution in [0.3, 0.4) is 0 Å². The molecule has 146 valence electrons. The third-order valence-corrected chi connectivity index (χ3v) is 4.14. The molecule has 3 aromatic rings. The second kappa shape index (κ2) is 9.88. The average Bonchev–Trinajstić information content (AvgIpc) is 3.10. The van der Waals surface area contributed by atoms with Crippen LogP contribution in [-0.4, -0.2) is 40.9 Å². The molecule has 6 nitrogen and oxygen atoms in total. The van der Waals surface area contributed by atoms with Crippen molar-refractivity contribution < 1.29 is 4.74 Å². The van der Waals surface area contributed by atoms with Gasteiger partial charge in [0.1, 0.15) is 5.75 Å². The Morgan fingerprint density at radius 3 is 2.50 bits per heavy atom. The first-order chi connectivity index (χ1) is 13.1. The zero-order chi connectivity index (χ0) is 19.2. The summed E-state index contributed by atoms with van der Waals surface area (Å²) in [5.41, 5.74) is 3.12. The van der Waals surface area contributed by atoms with Crippen LogP contribution in [0.1, 0.15) is 12.0 Å². The summed E-state index contributed by atoms with van der Waals surface area (Å²) < 4.78 is 7.03. The van der Waals surface area contributed by atoms with E-state index in [0.717, 1.165) is 29.2 Å². The van der Waals surface area contributed by atoms with Crippen molar-refractivity contribution in [2.45, 2.75) is 19.5 Å². The molecule has 1 heterocycles. The third kappa shape index (κ3) is 5.10. The Hall–Kier alpha value is -2.88. The molecule has 28 heavy (non-hydrogen) atoms. The predicted molar refractivity (Wildman–Crippen MR) is 112 cm³/mol. The second-order valence-electron chi connectivity index (χ2n) is 6.56. The fourth-order valence-corrected chi connectivity index (χ4v) is 2.90. The molecule has 1 aromatic heterocycles. The second-order valence-corrected chi connectivity index (χ2v) is 6.56. The molecular weight excluding hydrogens is 374 g/mol. The van der Waals surface area contributed by atoms with Crippen LogP contribution in [0.4, 0.5) is 0 Å². The average molecular weight is 398 g/mol. The van der Waals surface area contributed by atoms with Gasteiger partial charge in [-0.05, 0) is 50.0 Å². The molecule has 0 atom stereocenters. The van der Waals surface area contributed by atoms with Crippen LogP contribution < -0.4 is 4.74 Å². The Bertz CT molecular complexity index is 944. The highest BCUT2D eigenvalue weighted by molar-refractivity contribution is 5.85. The number of hydrogen-bond donors (Lipinski definition) is 0. The minimum Gasteiger partial charge on any atom is -0.497 e. The highest BCUT2D eigenvalue weighted by Crippen LogP contribution is 2.25. The van der Waals surface area contributed by atoms with E-state index < -0.39 is 0 Å². The highest BCUT2D eigenvalue weighted by Gasteiger charge is 2.14. The molecule has 0 fully saturated rings. The van der Waals surface area contributed by atoms with Gasteiger partial charge in [-0.2, -0.15) is 10.4 Å². The Morgan fingerprint density at radius 1 is 1.11 bits per heavy atom. The van der Waals surface area contributed by atoms with Gasteiger partial charge in [0.05, 0.1) is 26.1 Å². The van der Waals surface area contributed by atoms with E-state index in [1.807, 2.05) is 50.5 Å². The van der Waals surface area contributed by atoms with E-state index >= 15 is 0 Å². The number of benzene rings is 2. The maximum Gasteiger partial charge on any atom is 0.181 e. The van der Waals surface area contributed by atoms with E-state index in [-0.39, 0.29) is 12.4 Å². The van der Waals surface area contributed by atoms with Gasteiger partial charge >= 0.3 is 0 Å². The largest absolute Gasteiger partial charge is 0.497 e. The summed E-state index contributed by atoms with van der Waals surface area (Å²) in [6.07, 6.45) is 0.382. The molecule has 0 bridgehead atoms. The monoisotopic (exact) mass is 397 g/mol. The number of nitrogens with zero attached hydrogens (tertiary/aromatic N) is 5. The minimum absolute atomic E-state index is 0. The number of nitriles is 1. The van der Waals surface area contributed by atoms with Crippen LogP contribution in [0.5, 0.6) is 5.75 Å². The SMILES string of the molecule is COc1ccc(-c2nc(-c3cccc(CN(C)C)c3)nn2CCC#N)cc1.Cl. The highest BCUT2D eigenvalue weighted by atomic mass is 35.5. The van der Waals surface area contributed by atoms with E-state index in [0.29, 0.717) is 18.8 Å². The van der Waals surface area contributed by atoms with E-state index in [1.54, 1.807) is 11.8 Å². The normalized spacial score (nSPS) is 10.4. The summed E-state index contributed by atoms with van der Waals surface area (Å²) in [5, 5.41) is 13.6. The molecule has 0 unspecified atom stereocenters. The molecule has 0 aliphatic carbocycles. The van der Waals surface area contributed by atoms with Crippen molar-refractivity contribution in [2.75, 3.05) is 21.2 Å². The van der Waals surface area contributed by atoms with Gasteiger partial charge in [-0.25, -0.2) is 9.67 Å². The molecule has 0 radical (unpaired) electrons. The number of rotatable bonds is 7. The lowest BCUT2D eigenvalue weighted by molar-refractivity contribution is 0.402. The molecule has 0 amide bonds. The smallest absolute Gasteiger partial charge is 0.181 e. The molecule has 3 rings (SSSR count). The number of aromatic nitrogens is 3. The summed E-state index contributed by atoms with van der Waals surface area (Å²) >= 11 is 0. The van der Waals surface area contributed by atoms with Crippen molar-refractivity contribution in [2.24, 2.45) is 0 Å². The number of aryl methyl sites for hydroxylation is 1. The maximum absolute atomic E-state index is 8.97. The van der Waals surface area contributed by atoms with Gasteiger partial charge in [0.25, 0.3) is 0 Å². The lowest BCUT2D eigenvalue weighted by atomic mass is 10.1. The molecule has 0 aliphatic rings. The van der Waals surface area contributed by atoms with Crippen molar-refractivity contribution in [1.29, 1.82) is 5.26 Å². The molecule has 0 saturated carbocycles. The predicted octanol–water partition coefficient (Wildman–Crippen LogP) is 4.02. The van der Waals surface area contributed by atoms with Gasteiger partial charge in [-0.3, -0.25) is 0 Å². The molecule has 7 heteroatoms. The van der Waals surface area contributed by atoms with Crippen molar-refractivity contribution in [1.82, 2.24) is 19.7 Å². The molecule has 0 spiro atoms. The van der Waals surface area contributed by atoms with E-state index in [9.17, 15) is 0 Å². The summed E-state index contributed by atoms with van der Waals surface area (Å²) in [7, 11) is 5.73. The number of methoxy groups -OCH3 is 1. The number of hydrogen-bond acceptors (Lipinski definition) is 5. The van der Waals surface area contributed by atoms with E-state index in [2.05, 4.69) is 28.2 Å². The van der Waals surface area contributed by atoms with Crippen LogP contribution in [0, 0.1) is 11.3 Å². The lowest BCUT2D eigenvalue weighted by Gasteiger charge is -2.09. The topological polar surface area (TPSA) is 67.0 Å². The minimum atomic E-state index is 0. The molecule has 0 N–H and O–H groups in total. The van der Waals surface area contributed by atoms with Crippen LogP contribution in [0.25, 0.3) is 22.8 Å². The zero-order valence-corrected chi connectivity index (χ0v) is 17.1. The Balaban J connectivity index is 0.00000280. The Kier molecular flexibility index (Phi) is 7.56. The van der Waals surface area contributed by atoms with Crippen LogP contribution >= 0.6 is 12.4 Å². The molecule has 0 aliphatic heterocycles. The first-order valence-electron chi connectivity index (χ1n) is 8.81. The van der Waals surface area contributed by atoms with Gasteiger partial charge in [-0.1, -0.05) is 18.2 Å². The van der Waals surface area contributed by atoms with Gasteiger partial charge in [0.15, 0.2) is 11.6 Å². The first-order valence-corrected chi connectivity index (χ1v) is 8.81. The van der Waals surface area contributed by atoms with Crippen LogP contribution in [0.2, 0.25) is 0 Å². The quantitative estimate of drug-likeness (QED) is 0.602. The van der Waals surface area contributed by atoms with Gasteiger partial charge in [0, 0.05) is 17.7 Å². The fourth-order valence-electron chi connectivity index (χ4n) is 2.90. The first kappa shape index (κ1) is 21.4. The molecular formula is C21H24ClN5O. The van der Waals surface area contributed by atoms with Crippen molar-refractivity contribution in [3.05, 3.63) is 54.1 Å². The van der Waals surface area contributed by atoms with Crippen LogP contribution in [0.15, 0.2) is 48.5 Å². The molecule has 0 saturated heterocycles. The van der Waals surface area contributed by atoms with E-state index in [1.165, 1.54) is 5.56 Å². The maximum atomic E-state index is 8.97. The zero-order valence-electron chi connectivity index (χ0n) is 16.3. The van der Waals surface area contributed by atoms with Crippen molar-refractivity contribution in [3.63, 3.8) is 0 Å². The van der Waals surface area contributed by atoms with E-state index in [4.69, 9.17) is 15.0 Å². The Morgan fingerprint density at radius 2 is 1.86 bits per heavy atom. The number of ether oxygens (including phenoxy) is 1. The van der Waals surface area contributed by atoms with Gasteiger partial charge in [-0.15, -0.1) is 12.4 Å². The summed E-state index contributed by atoms with van der Waals surface area (Å²) in [6, 6.07) is 18.1. The van der Waals surface area contributed by atoms with Crippen molar-refractivity contribution >= 4 is 12.4 Å². The molecule has 2 aromatic carbocycles. The number of halogens is 1. The van der Waals surface area contributed by atoms with Crippen molar-refractivity contribution in [3.8, 4) is 34.6 Å². The Labute approximate surface area is 171 Å². The summed E-state index contributed by atoms with van der Waals surface area (Å²) in [5.74, 6) is 2.21. The van der Waals surface area contributed by atoms with Gasteiger partial charge in [0.2, 0.25) is 0 Å².